The Balaban J connectivity index is 3.40. The maximum Gasteiger partial charge on any atom is 0.309 e. The van der Waals surface area contributed by atoms with Crippen molar-refractivity contribution in [3.63, 3.8) is 0 Å². The van der Waals surface area contributed by atoms with Gasteiger partial charge in [0.1, 0.15) is 0 Å². The molecule has 0 aliphatic heterocycles. The molecule has 0 aliphatic carbocycles. The van der Waals surface area contributed by atoms with E-state index in [1.54, 1.807) is 0 Å². The zero-order valence-corrected chi connectivity index (χ0v) is 8.17. The first kappa shape index (κ1) is 11.2. The van der Waals surface area contributed by atoms with E-state index in [2.05, 4.69) is 13.8 Å². The number of hydrogen-bond donors (Lipinski definition) is 0. The molecular weight excluding hydrogens is 152 g/mol. The van der Waals surface area contributed by atoms with E-state index < -0.39 is 0 Å². The van der Waals surface area contributed by atoms with Gasteiger partial charge in [-0.15, -0.1) is 0 Å². The molecule has 0 aromatic rings. The van der Waals surface area contributed by atoms with Crippen LogP contribution in [0.4, 0.5) is 0 Å². The highest BCUT2D eigenvalue weighted by molar-refractivity contribution is 5.71. The van der Waals surface area contributed by atoms with Crippen LogP contribution >= 0.6 is 0 Å². The smallest absolute Gasteiger partial charge is 0.309 e. The molecule has 2 nitrogen and oxygen atoms in total. The molecule has 0 spiro atoms. The number of hydrogen-bond acceptors (Lipinski definition) is 2. The highest BCUT2D eigenvalue weighted by Gasteiger charge is 1.95. The molecule has 0 N–H and O–H groups in total. The lowest BCUT2D eigenvalue weighted by molar-refractivity contribution is -0.142. The maximum absolute atomic E-state index is 10.8. The fourth-order valence-electron chi connectivity index (χ4n) is 0.768. The summed E-state index contributed by atoms with van der Waals surface area (Å²) in [6.45, 7) is 6.58. The standard InChI is InChI=1S/C10H18O2/c1-4-12-10(11)8-6-5-7-9(2)3/h5-6,9H,4,7-8H2,1-3H3/b6-5+. The van der Waals surface area contributed by atoms with Gasteiger partial charge in [0, 0.05) is 0 Å². The van der Waals surface area contributed by atoms with Gasteiger partial charge in [-0.2, -0.15) is 0 Å². The van der Waals surface area contributed by atoms with Gasteiger partial charge < -0.3 is 4.74 Å². The minimum Gasteiger partial charge on any atom is -0.466 e. The highest BCUT2D eigenvalue weighted by atomic mass is 16.5. The van der Waals surface area contributed by atoms with Gasteiger partial charge in [0.05, 0.1) is 13.0 Å². The molecule has 0 unspecified atom stereocenters. The molecule has 0 rings (SSSR count). The van der Waals surface area contributed by atoms with Gasteiger partial charge in [0.25, 0.3) is 0 Å². The molecule has 2 heteroatoms. The quantitative estimate of drug-likeness (QED) is 0.468. The van der Waals surface area contributed by atoms with Gasteiger partial charge >= 0.3 is 5.97 Å². The summed E-state index contributed by atoms with van der Waals surface area (Å²) in [5.41, 5.74) is 0. The third-order valence-corrected chi connectivity index (χ3v) is 1.36. The van der Waals surface area contributed by atoms with E-state index in [0.717, 1.165) is 6.42 Å². The van der Waals surface area contributed by atoms with E-state index in [9.17, 15) is 4.79 Å². The molecule has 0 aromatic heterocycles. The second-order valence-electron chi connectivity index (χ2n) is 3.11. The molecule has 0 atom stereocenters. The molecule has 0 aliphatic rings. The van der Waals surface area contributed by atoms with Crippen LogP contribution in [0.3, 0.4) is 0 Å². The Morgan fingerprint density at radius 2 is 2.08 bits per heavy atom. The fraction of sp³-hybridized carbons (Fsp3) is 0.700. The summed E-state index contributed by atoms with van der Waals surface area (Å²) >= 11 is 0. The predicted octanol–water partition coefficient (Wildman–Crippen LogP) is 2.54. The second-order valence-corrected chi connectivity index (χ2v) is 3.11. The average Bonchev–Trinajstić information content (AvgIpc) is 1.98. The van der Waals surface area contributed by atoms with Crippen molar-refractivity contribution in [3.05, 3.63) is 12.2 Å². The SMILES string of the molecule is CCOC(=O)C/C=C/CC(C)C. The second kappa shape index (κ2) is 6.89. The summed E-state index contributed by atoms with van der Waals surface area (Å²) < 4.78 is 4.76. The van der Waals surface area contributed by atoms with Crippen LogP contribution in [-0.4, -0.2) is 12.6 Å². The van der Waals surface area contributed by atoms with Crippen molar-refractivity contribution >= 4 is 5.97 Å². The summed E-state index contributed by atoms with van der Waals surface area (Å²) in [5.74, 6) is 0.515. The average molecular weight is 170 g/mol. The van der Waals surface area contributed by atoms with Crippen molar-refractivity contribution in [3.8, 4) is 0 Å². The van der Waals surface area contributed by atoms with E-state index >= 15 is 0 Å². The summed E-state index contributed by atoms with van der Waals surface area (Å²) in [6, 6.07) is 0. The van der Waals surface area contributed by atoms with Crippen molar-refractivity contribution in [2.75, 3.05) is 6.61 Å². The lowest BCUT2D eigenvalue weighted by Gasteiger charge is -1.98. The zero-order chi connectivity index (χ0) is 9.40. The van der Waals surface area contributed by atoms with Crippen molar-refractivity contribution < 1.29 is 9.53 Å². The van der Waals surface area contributed by atoms with Crippen LogP contribution in [0.5, 0.6) is 0 Å². The molecule has 0 fully saturated rings. The molecular formula is C10H18O2. The van der Waals surface area contributed by atoms with Crippen LogP contribution in [0, 0.1) is 5.92 Å². The summed E-state index contributed by atoms with van der Waals surface area (Å²) in [5, 5.41) is 0. The molecule has 0 bridgehead atoms. The predicted molar refractivity (Wildman–Crippen MR) is 49.8 cm³/mol. The Morgan fingerprint density at radius 1 is 1.42 bits per heavy atom. The zero-order valence-electron chi connectivity index (χ0n) is 8.17. The molecule has 0 amide bonds. The number of allylic oxidation sites excluding steroid dienone is 1. The minimum atomic E-state index is -0.141. The Kier molecular flexibility index (Phi) is 6.44. The molecule has 70 valence electrons. The van der Waals surface area contributed by atoms with Gasteiger partial charge in [-0.1, -0.05) is 26.0 Å². The van der Waals surface area contributed by atoms with Crippen molar-refractivity contribution in [1.82, 2.24) is 0 Å². The lowest BCUT2D eigenvalue weighted by Crippen LogP contribution is -2.01. The lowest BCUT2D eigenvalue weighted by atomic mass is 10.1. The molecule has 12 heavy (non-hydrogen) atoms. The van der Waals surface area contributed by atoms with Gasteiger partial charge in [-0.3, -0.25) is 4.79 Å². The monoisotopic (exact) mass is 170 g/mol. The van der Waals surface area contributed by atoms with Crippen molar-refractivity contribution in [2.24, 2.45) is 5.92 Å². The molecule has 0 heterocycles. The van der Waals surface area contributed by atoms with Crippen molar-refractivity contribution in [2.45, 2.75) is 33.6 Å². The first-order valence-corrected chi connectivity index (χ1v) is 4.47. The van der Waals surface area contributed by atoms with E-state index in [4.69, 9.17) is 4.74 Å². The van der Waals surface area contributed by atoms with Gasteiger partial charge in [0.15, 0.2) is 0 Å². The Hall–Kier alpha value is -0.790. The number of carbonyl (C=O) groups is 1. The Bertz CT molecular complexity index is 148. The van der Waals surface area contributed by atoms with Gasteiger partial charge in [-0.05, 0) is 19.3 Å². The summed E-state index contributed by atoms with van der Waals surface area (Å²) in [4.78, 5) is 10.8. The minimum absolute atomic E-state index is 0.141. The van der Waals surface area contributed by atoms with Gasteiger partial charge in [0.2, 0.25) is 0 Å². The molecule has 0 saturated heterocycles. The summed E-state index contributed by atoms with van der Waals surface area (Å²) in [7, 11) is 0. The third kappa shape index (κ3) is 7.32. The molecule has 0 aromatic carbocycles. The van der Waals surface area contributed by atoms with Crippen LogP contribution in [0.1, 0.15) is 33.6 Å². The number of carbonyl (C=O) groups excluding carboxylic acids is 1. The van der Waals surface area contributed by atoms with Gasteiger partial charge in [-0.25, -0.2) is 0 Å². The van der Waals surface area contributed by atoms with E-state index in [0.29, 0.717) is 18.9 Å². The maximum atomic E-state index is 10.8. The molecule has 0 saturated carbocycles. The van der Waals surface area contributed by atoms with Crippen molar-refractivity contribution in [1.29, 1.82) is 0 Å². The van der Waals surface area contributed by atoms with Crippen LogP contribution in [0.25, 0.3) is 0 Å². The van der Waals surface area contributed by atoms with E-state index in [1.165, 1.54) is 0 Å². The molecule has 0 radical (unpaired) electrons. The highest BCUT2D eigenvalue weighted by Crippen LogP contribution is 2.00. The fourth-order valence-corrected chi connectivity index (χ4v) is 0.768. The van der Waals surface area contributed by atoms with Crippen LogP contribution in [0.15, 0.2) is 12.2 Å². The first-order valence-electron chi connectivity index (χ1n) is 4.47. The van der Waals surface area contributed by atoms with Crippen LogP contribution < -0.4 is 0 Å². The normalized spacial score (nSPS) is 11.0. The number of rotatable bonds is 5. The number of ether oxygens (including phenoxy) is 1. The van der Waals surface area contributed by atoms with Crippen LogP contribution in [-0.2, 0) is 9.53 Å². The Labute approximate surface area is 74.6 Å². The summed E-state index contributed by atoms with van der Waals surface area (Å²) in [6.07, 6.45) is 5.33. The third-order valence-electron chi connectivity index (χ3n) is 1.36. The topological polar surface area (TPSA) is 26.3 Å². The first-order chi connectivity index (χ1) is 5.66. The van der Waals surface area contributed by atoms with Crippen LogP contribution in [0.2, 0.25) is 0 Å². The largest absolute Gasteiger partial charge is 0.466 e. The van der Waals surface area contributed by atoms with E-state index in [-0.39, 0.29) is 5.97 Å². The Morgan fingerprint density at radius 3 is 2.58 bits per heavy atom. The number of esters is 1. The van der Waals surface area contributed by atoms with E-state index in [1.807, 2.05) is 19.1 Å².